The summed E-state index contributed by atoms with van der Waals surface area (Å²) in [6.07, 6.45) is -0.400. The Bertz CT molecular complexity index is 411. The first-order valence-electron chi connectivity index (χ1n) is 6.84. The molecule has 1 aromatic rings. The molecule has 0 bridgehead atoms. The number of nitrogens with zero attached hydrogens (tertiary/aromatic N) is 3. The lowest BCUT2D eigenvalue weighted by atomic mass is 9.96. The summed E-state index contributed by atoms with van der Waals surface area (Å²) in [4.78, 5) is 10.3. The lowest BCUT2D eigenvalue weighted by Gasteiger charge is -2.32. The van der Waals surface area contributed by atoms with Gasteiger partial charge in [0.2, 0.25) is 5.95 Å². The molecule has 4 nitrogen and oxygen atoms in total. The number of aromatic nitrogens is 2. The van der Waals surface area contributed by atoms with E-state index in [0.29, 0.717) is 25.6 Å². The number of nitrogens with one attached hydrogen (secondary N) is 1. The fraction of sp³-hybridized carbons (Fsp3) is 0.692. The van der Waals surface area contributed by atoms with Crippen LogP contribution in [0.5, 0.6) is 0 Å². The largest absolute Gasteiger partial charge is 0.391 e. The maximum Gasteiger partial charge on any atom is 0.391 e. The van der Waals surface area contributed by atoms with E-state index < -0.39 is 12.1 Å². The fourth-order valence-electron chi connectivity index (χ4n) is 2.28. The van der Waals surface area contributed by atoms with Gasteiger partial charge in [-0.25, -0.2) is 9.97 Å². The third-order valence-corrected chi connectivity index (χ3v) is 3.51. The third kappa shape index (κ3) is 3.82. The number of piperidine rings is 1. The van der Waals surface area contributed by atoms with Gasteiger partial charge in [0.25, 0.3) is 0 Å². The zero-order chi connectivity index (χ0) is 14.6. The van der Waals surface area contributed by atoms with Crippen molar-refractivity contribution in [1.82, 2.24) is 15.3 Å². The second kappa shape index (κ2) is 6.39. The van der Waals surface area contributed by atoms with Crippen molar-refractivity contribution < 1.29 is 13.2 Å². The van der Waals surface area contributed by atoms with E-state index >= 15 is 0 Å². The van der Waals surface area contributed by atoms with Crippen LogP contribution in [0.15, 0.2) is 12.4 Å². The predicted molar refractivity (Wildman–Crippen MR) is 70.4 cm³/mol. The second-order valence-corrected chi connectivity index (χ2v) is 4.97. The second-order valence-electron chi connectivity index (χ2n) is 4.97. The molecule has 0 unspecified atom stereocenters. The zero-order valence-corrected chi connectivity index (χ0v) is 11.5. The first kappa shape index (κ1) is 15.0. The van der Waals surface area contributed by atoms with Gasteiger partial charge >= 0.3 is 6.18 Å². The Morgan fingerprint density at radius 2 is 1.85 bits per heavy atom. The van der Waals surface area contributed by atoms with Crippen LogP contribution in [0.2, 0.25) is 0 Å². The van der Waals surface area contributed by atoms with Crippen molar-refractivity contribution >= 4 is 5.95 Å². The highest BCUT2D eigenvalue weighted by Gasteiger charge is 2.41. The third-order valence-electron chi connectivity index (χ3n) is 3.51. The Morgan fingerprint density at radius 1 is 1.25 bits per heavy atom. The first-order valence-corrected chi connectivity index (χ1v) is 6.84. The van der Waals surface area contributed by atoms with Gasteiger partial charge in [0, 0.05) is 37.6 Å². The summed E-state index contributed by atoms with van der Waals surface area (Å²) in [5.41, 5.74) is 0.973. The Morgan fingerprint density at radius 3 is 2.35 bits per heavy atom. The molecule has 1 aromatic heterocycles. The van der Waals surface area contributed by atoms with Gasteiger partial charge in [0.15, 0.2) is 0 Å². The number of rotatable bonds is 4. The van der Waals surface area contributed by atoms with Crippen LogP contribution in [0.4, 0.5) is 19.1 Å². The maximum absolute atomic E-state index is 12.6. The lowest BCUT2D eigenvalue weighted by molar-refractivity contribution is -0.179. The maximum atomic E-state index is 12.6. The van der Waals surface area contributed by atoms with E-state index in [9.17, 15) is 13.2 Å². The van der Waals surface area contributed by atoms with E-state index in [4.69, 9.17) is 0 Å². The minimum atomic E-state index is -4.08. The molecule has 0 atom stereocenters. The molecule has 20 heavy (non-hydrogen) atoms. The van der Waals surface area contributed by atoms with Crippen molar-refractivity contribution in [2.24, 2.45) is 5.92 Å². The molecule has 1 fully saturated rings. The summed E-state index contributed by atoms with van der Waals surface area (Å²) in [5.74, 6) is -0.669. The molecule has 0 saturated carbocycles. The van der Waals surface area contributed by atoms with Gasteiger partial charge in [-0.15, -0.1) is 0 Å². The number of anilines is 1. The minimum absolute atomic E-state index is 0.117. The topological polar surface area (TPSA) is 41.1 Å². The average Bonchev–Trinajstić information content (AvgIpc) is 2.45. The van der Waals surface area contributed by atoms with Crippen LogP contribution in [0.25, 0.3) is 0 Å². The summed E-state index contributed by atoms with van der Waals surface area (Å²) in [6.45, 7) is 4.30. The van der Waals surface area contributed by atoms with E-state index in [-0.39, 0.29) is 12.8 Å². The van der Waals surface area contributed by atoms with Gasteiger partial charge in [-0.2, -0.15) is 13.2 Å². The van der Waals surface area contributed by atoms with E-state index in [1.807, 2.05) is 11.8 Å². The Labute approximate surface area is 116 Å². The van der Waals surface area contributed by atoms with Gasteiger partial charge < -0.3 is 10.2 Å². The van der Waals surface area contributed by atoms with Crippen molar-refractivity contribution in [1.29, 1.82) is 0 Å². The van der Waals surface area contributed by atoms with Crippen LogP contribution in [-0.4, -0.2) is 35.8 Å². The molecule has 112 valence electrons. The summed E-state index contributed by atoms with van der Waals surface area (Å²) in [7, 11) is 0. The molecule has 0 aromatic carbocycles. The highest BCUT2D eigenvalue weighted by molar-refractivity contribution is 5.30. The number of hydrogen-bond donors (Lipinski definition) is 1. The number of halogens is 3. The average molecular weight is 288 g/mol. The van der Waals surface area contributed by atoms with Gasteiger partial charge in [0.1, 0.15) is 0 Å². The van der Waals surface area contributed by atoms with Crippen molar-refractivity contribution in [2.75, 3.05) is 24.5 Å². The van der Waals surface area contributed by atoms with Crippen molar-refractivity contribution in [3.05, 3.63) is 18.0 Å². The normalized spacial score (nSPS) is 17.5. The molecular formula is C13H19F3N4. The van der Waals surface area contributed by atoms with Crippen molar-refractivity contribution in [2.45, 2.75) is 32.5 Å². The van der Waals surface area contributed by atoms with E-state index in [2.05, 4.69) is 15.3 Å². The van der Waals surface area contributed by atoms with Gasteiger partial charge in [-0.05, 0) is 19.4 Å². The van der Waals surface area contributed by atoms with Crippen LogP contribution >= 0.6 is 0 Å². The van der Waals surface area contributed by atoms with Gasteiger partial charge in [-0.3, -0.25) is 0 Å². The van der Waals surface area contributed by atoms with Crippen LogP contribution < -0.4 is 10.2 Å². The molecule has 0 aliphatic carbocycles. The molecule has 0 radical (unpaired) electrons. The molecular weight excluding hydrogens is 269 g/mol. The molecule has 1 N–H and O–H groups in total. The fourth-order valence-corrected chi connectivity index (χ4v) is 2.28. The number of hydrogen-bond acceptors (Lipinski definition) is 4. The highest BCUT2D eigenvalue weighted by atomic mass is 19.4. The Hall–Kier alpha value is -1.37. The zero-order valence-electron chi connectivity index (χ0n) is 11.5. The van der Waals surface area contributed by atoms with Crippen LogP contribution in [-0.2, 0) is 6.54 Å². The summed E-state index contributed by atoms with van der Waals surface area (Å²) < 4.78 is 37.8. The Balaban J connectivity index is 1.90. The van der Waals surface area contributed by atoms with Crippen molar-refractivity contribution in [3.8, 4) is 0 Å². The SMILES string of the molecule is CCNCc1cnc(N2CCC(C(F)(F)F)CC2)nc1. The summed E-state index contributed by atoms with van der Waals surface area (Å²) in [6, 6.07) is 0. The van der Waals surface area contributed by atoms with E-state index in [0.717, 1.165) is 12.1 Å². The van der Waals surface area contributed by atoms with E-state index in [1.165, 1.54) is 0 Å². The molecule has 7 heteroatoms. The van der Waals surface area contributed by atoms with Gasteiger partial charge in [-0.1, -0.05) is 6.92 Å². The van der Waals surface area contributed by atoms with Crippen LogP contribution in [0.3, 0.4) is 0 Å². The van der Waals surface area contributed by atoms with Crippen LogP contribution in [0.1, 0.15) is 25.3 Å². The molecule has 1 aliphatic heterocycles. The molecule has 1 saturated heterocycles. The summed E-state index contributed by atoms with van der Waals surface area (Å²) >= 11 is 0. The Kier molecular flexibility index (Phi) is 4.80. The lowest BCUT2D eigenvalue weighted by Crippen LogP contribution is -2.39. The van der Waals surface area contributed by atoms with Crippen LogP contribution in [0, 0.1) is 5.92 Å². The molecule has 1 aliphatic rings. The molecule has 2 rings (SSSR count). The van der Waals surface area contributed by atoms with Crippen molar-refractivity contribution in [3.63, 3.8) is 0 Å². The predicted octanol–water partition coefficient (Wildman–Crippen LogP) is 2.36. The minimum Gasteiger partial charge on any atom is -0.341 e. The molecule has 0 spiro atoms. The molecule has 0 amide bonds. The van der Waals surface area contributed by atoms with Gasteiger partial charge in [0.05, 0.1) is 5.92 Å². The highest BCUT2D eigenvalue weighted by Crippen LogP contribution is 2.34. The van der Waals surface area contributed by atoms with E-state index in [1.54, 1.807) is 12.4 Å². The molecule has 2 heterocycles. The number of alkyl halides is 3. The standard InChI is InChI=1S/C13H19F3N4/c1-2-17-7-10-8-18-12(19-9-10)20-5-3-11(4-6-20)13(14,15)16/h8-9,11,17H,2-7H2,1H3. The smallest absolute Gasteiger partial charge is 0.341 e. The summed E-state index contributed by atoms with van der Waals surface area (Å²) in [5, 5.41) is 3.17. The first-order chi connectivity index (χ1) is 9.50. The monoisotopic (exact) mass is 288 g/mol. The quantitative estimate of drug-likeness (QED) is 0.923.